The van der Waals surface area contributed by atoms with E-state index in [2.05, 4.69) is 29.8 Å². The Morgan fingerprint density at radius 1 is 1.50 bits per heavy atom. The lowest BCUT2D eigenvalue weighted by molar-refractivity contribution is -0.118. The minimum absolute atomic E-state index is 0.0810. The van der Waals surface area contributed by atoms with Crippen LogP contribution in [0.1, 0.15) is 12.0 Å². The average Bonchev–Trinajstić information content (AvgIpc) is 2.29. The first-order chi connectivity index (χ1) is 7.79. The first kappa shape index (κ1) is 10.9. The van der Waals surface area contributed by atoms with Crippen molar-refractivity contribution in [2.24, 2.45) is 0 Å². The monoisotopic (exact) mass is 233 g/mol. The molecule has 1 aromatic carbocycles. The van der Waals surface area contributed by atoms with Crippen LogP contribution >= 0.6 is 12.6 Å². The highest BCUT2D eigenvalue weighted by Gasteiger charge is 2.15. The molecule has 0 spiro atoms. The van der Waals surface area contributed by atoms with Gasteiger partial charge in [-0.1, -0.05) is 11.8 Å². The van der Waals surface area contributed by atoms with Crippen LogP contribution in [0.2, 0.25) is 0 Å². The van der Waals surface area contributed by atoms with Gasteiger partial charge in [-0.25, -0.2) is 0 Å². The molecule has 2 rings (SSSR count). The van der Waals surface area contributed by atoms with Crippen molar-refractivity contribution in [1.29, 1.82) is 0 Å². The third-order valence-corrected chi connectivity index (χ3v) is 2.31. The summed E-state index contributed by atoms with van der Waals surface area (Å²) in [5, 5.41) is 2.74. The second-order valence-electron chi connectivity index (χ2n) is 3.32. The SMILES string of the molecule is O=C1COc2ccc(C#CCCS)cc2N1. The third-order valence-electron chi connectivity index (χ3n) is 2.08. The van der Waals surface area contributed by atoms with Crippen molar-refractivity contribution in [3.05, 3.63) is 23.8 Å². The number of rotatable bonds is 1. The molecule has 82 valence electrons. The topological polar surface area (TPSA) is 38.3 Å². The predicted molar refractivity (Wildman–Crippen MR) is 65.9 cm³/mol. The van der Waals surface area contributed by atoms with Crippen molar-refractivity contribution in [2.75, 3.05) is 17.7 Å². The molecule has 1 aromatic rings. The smallest absolute Gasteiger partial charge is 0.262 e. The largest absolute Gasteiger partial charge is 0.482 e. The molecule has 4 heteroatoms. The Kier molecular flexibility index (Phi) is 3.37. The highest BCUT2D eigenvalue weighted by Crippen LogP contribution is 2.27. The fraction of sp³-hybridized carbons (Fsp3) is 0.250. The Labute approximate surface area is 99.6 Å². The molecule has 1 aliphatic heterocycles. The molecule has 1 amide bonds. The van der Waals surface area contributed by atoms with Crippen LogP contribution in [0.4, 0.5) is 5.69 Å². The summed E-state index contributed by atoms with van der Waals surface area (Å²) in [5.41, 5.74) is 1.56. The number of hydrogen-bond donors (Lipinski definition) is 2. The molecule has 0 saturated heterocycles. The van der Waals surface area contributed by atoms with Crippen LogP contribution in [-0.4, -0.2) is 18.3 Å². The molecule has 16 heavy (non-hydrogen) atoms. The zero-order chi connectivity index (χ0) is 11.4. The molecule has 3 nitrogen and oxygen atoms in total. The Bertz CT molecular complexity index is 474. The number of ether oxygens (including phenoxy) is 1. The summed E-state index contributed by atoms with van der Waals surface area (Å²) in [4.78, 5) is 11.1. The highest BCUT2D eigenvalue weighted by atomic mass is 32.1. The van der Waals surface area contributed by atoms with Crippen LogP contribution in [0, 0.1) is 11.8 Å². The van der Waals surface area contributed by atoms with Crippen LogP contribution in [0.3, 0.4) is 0 Å². The molecule has 0 aliphatic carbocycles. The van der Waals surface area contributed by atoms with Gasteiger partial charge in [0, 0.05) is 17.7 Å². The summed E-state index contributed by atoms with van der Waals surface area (Å²) < 4.78 is 5.24. The lowest BCUT2D eigenvalue weighted by Crippen LogP contribution is -2.25. The van der Waals surface area contributed by atoms with Crippen molar-refractivity contribution in [3.8, 4) is 17.6 Å². The first-order valence-corrected chi connectivity index (χ1v) is 5.59. The van der Waals surface area contributed by atoms with E-state index in [9.17, 15) is 4.79 Å². The minimum Gasteiger partial charge on any atom is -0.482 e. The first-order valence-electron chi connectivity index (χ1n) is 4.96. The van der Waals surface area contributed by atoms with Crippen molar-refractivity contribution >= 4 is 24.2 Å². The van der Waals surface area contributed by atoms with Crippen LogP contribution in [0.5, 0.6) is 5.75 Å². The van der Waals surface area contributed by atoms with Gasteiger partial charge in [-0.15, -0.1) is 0 Å². The van der Waals surface area contributed by atoms with E-state index in [1.165, 1.54) is 0 Å². The van der Waals surface area contributed by atoms with Gasteiger partial charge in [-0.3, -0.25) is 4.79 Å². The molecule has 0 fully saturated rings. The number of hydrogen-bond acceptors (Lipinski definition) is 3. The fourth-order valence-corrected chi connectivity index (χ4v) is 1.49. The third kappa shape index (κ3) is 2.50. The Morgan fingerprint density at radius 2 is 2.38 bits per heavy atom. The predicted octanol–water partition coefficient (Wildman–Crippen LogP) is 1.69. The number of carbonyl (C=O) groups excluding carboxylic acids is 1. The molecule has 0 unspecified atom stereocenters. The summed E-state index contributed by atoms with van der Waals surface area (Å²) >= 11 is 4.08. The van der Waals surface area contributed by atoms with E-state index in [0.29, 0.717) is 11.4 Å². The standard InChI is InChI=1S/C12H11NO2S/c14-12-8-15-11-5-4-9(3-1-2-6-16)7-10(11)13-12/h4-5,7,16H,2,6,8H2,(H,13,14). The van der Waals surface area contributed by atoms with Gasteiger partial charge in [0.15, 0.2) is 6.61 Å². The molecule has 1 N–H and O–H groups in total. The van der Waals surface area contributed by atoms with Crippen molar-refractivity contribution in [2.45, 2.75) is 6.42 Å². The molecule has 1 heterocycles. The lowest BCUT2D eigenvalue weighted by atomic mass is 10.1. The van der Waals surface area contributed by atoms with E-state index in [4.69, 9.17) is 4.74 Å². The summed E-state index contributed by atoms with van der Waals surface area (Å²) in [6.45, 7) is 0.0810. The van der Waals surface area contributed by atoms with Crippen LogP contribution < -0.4 is 10.1 Å². The molecule has 0 bridgehead atoms. The zero-order valence-corrected chi connectivity index (χ0v) is 9.51. The fourth-order valence-electron chi connectivity index (χ4n) is 1.38. The molecule has 1 aliphatic rings. The molecule has 0 atom stereocenters. The van der Waals surface area contributed by atoms with Crippen molar-refractivity contribution in [3.63, 3.8) is 0 Å². The Morgan fingerprint density at radius 3 is 3.19 bits per heavy atom. The van der Waals surface area contributed by atoms with E-state index in [-0.39, 0.29) is 12.5 Å². The van der Waals surface area contributed by atoms with E-state index in [1.54, 1.807) is 0 Å². The van der Waals surface area contributed by atoms with Crippen LogP contribution in [-0.2, 0) is 4.79 Å². The number of amides is 1. The maximum absolute atomic E-state index is 11.1. The summed E-state index contributed by atoms with van der Waals surface area (Å²) in [5.74, 6) is 7.30. The minimum atomic E-state index is -0.132. The summed E-state index contributed by atoms with van der Waals surface area (Å²) in [7, 11) is 0. The maximum atomic E-state index is 11.1. The number of nitrogens with one attached hydrogen (secondary N) is 1. The van der Waals surface area contributed by atoms with Gasteiger partial charge in [-0.2, -0.15) is 12.6 Å². The van der Waals surface area contributed by atoms with E-state index >= 15 is 0 Å². The number of thiol groups is 1. The lowest BCUT2D eigenvalue weighted by Gasteiger charge is -2.17. The van der Waals surface area contributed by atoms with Gasteiger partial charge in [0.2, 0.25) is 0 Å². The second kappa shape index (κ2) is 4.95. The molecular weight excluding hydrogens is 222 g/mol. The molecule has 0 radical (unpaired) electrons. The van der Waals surface area contributed by atoms with Gasteiger partial charge < -0.3 is 10.1 Å². The van der Waals surface area contributed by atoms with Gasteiger partial charge in [-0.05, 0) is 18.2 Å². The molecule has 0 saturated carbocycles. The van der Waals surface area contributed by atoms with E-state index in [1.807, 2.05) is 18.2 Å². The van der Waals surface area contributed by atoms with Crippen LogP contribution in [0.25, 0.3) is 0 Å². The average molecular weight is 233 g/mol. The van der Waals surface area contributed by atoms with E-state index < -0.39 is 0 Å². The zero-order valence-electron chi connectivity index (χ0n) is 8.62. The normalized spacial score (nSPS) is 12.9. The maximum Gasteiger partial charge on any atom is 0.262 e. The van der Waals surface area contributed by atoms with Gasteiger partial charge in [0.25, 0.3) is 5.91 Å². The number of benzene rings is 1. The second-order valence-corrected chi connectivity index (χ2v) is 3.77. The molecule has 0 aromatic heterocycles. The highest BCUT2D eigenvalue weighted by molar-refractivity contribution is 7.80. The number of anilines is 1. The number of carbonyl (C=O) groups is 1. The summed E-state index contributed by atoms with van der Waals surface area (Å²) in [6, 6.07) is 5.51. The Hall–Kier alpha value is -1.60. The van der Waals surface area contributed by atoms with Gasteiger partial charge in [0.05, 0.1) is 5.69 Å². The Balaban J connectivity index is 2.22. The van der Waals surface area contributed by atoms with Gasteiger partial charge >= 0.3 is 0 Å². The van der Waals surface area contributed by atoms with Crippen molar-refractivity contribution in [1.82, 2.24) is 0 Å². The van der Waals surface area contributed by atoms with Crippen LogP contribution in [0.15, 0.2) is 18.2 Å². The van der Waals surface area contributed by atoms with Gasteiger partial charge in [0.1, 0.15) is 5.75 Å². The quantitative estimate of drug-likeness (QED) is 0.572. The summed E-state index contributed by atoms with van der Waals surface area (Å²) in [6.07, 6.45) is 0.753. The van der Waals surface area contributed by atoms with Crippen molar-refractivity contribution < 1.29 is 9.53 Å². The van der Waals surface area contributed by atoms with E-state index in [0.717, 1.165) is 17.7 Å². The number of fused-ring (bicyclic) bond motifs is 1. The molecular formula is C12H11NO2S.